The van der Waals surface area contributed by atoms with Crippen LogP contribution in [-0.4, -0.2) is 35.4 Å². The van der Waals surface area contributed by atoms with Crippen molar-refractivity contribution in [2.75, 3.05) is 13.7 Å². The van der Waals surface area contributed by atoms with Gasteiger partial charge >= 0.3 is 6.18 Å². The number of fused-ring (bicyclic) bond motifs is 1. The van der Waals surface area contributed by atoms with E-state index in [2.05, 4.69) is 10.4 Å². The maximum absolute atomic E-state index is 13.3. The summed E-state index contributed by atoms with van der Waals surface area (Å²) < 4.78 is 65.1. The molecule has 0 spiro atoms. The molecule has 0 aliphatic carbocycles. The van der Waals surface area contributed by atoms with E-state index in [4.69, 9.17) is 9.47 Å². The summed E-state index contributed by atoms with van der Waals surface area (Å²) >= 11 is 0. The van der Waals surface area contributed by atoms with Crippen LogP contribution in [0.2, 0.25) is 0 Å². The number of rotatable bonds is 8. The highest BCUT2D eigenvalue weighted by molar-refractivity contribution is 5.82. The summed E-state index contributed by atoms with van der Waals surface area (Å²) in [6, 6.07) is 15.1. The van der Waals surface area contributed by atoms with E-state index >= 15 is 0 Å². The van der Waals surface area contributed by atoms with Gasteiger partial charge in [0.2, 0.25) is 5.91 Å². The molecule has 36 heavy (non-hydrogen) atoms. The number of hydrogen-bond donors (Lipinski definition) is 1. The van der Waals surface area contributed by atoms with Crippen molar-refractivity contribution < 1.29 is 31.8 Å². The molecule has 6 nitrogen and oxygen atoms in total. The molecule has 2 atom stereocenters. The number of hydrogen-bond acceptors (Lipinski definition) is 4. The molecule has 0 bridgehead atoms. The topological polar surface area (TPSA) is 65.4 Å². The summed E-state index contributed by atoms with van der Waals surface area (Å²) in [5.74, 6) is -0.313. The molecule has 4 rings (SSSR count). The smallest absolute Gasteiger partial charge is 0.416 e. The van der Waals surface area contributed by atoms with Gasteiger partial charge in [-0.15, -0.1) is 0 Å². The van der Waals surface area contributed by atoms with Crippen LogP contribution < -0.4 is 10.1 Å². The summed E-state index contributed by atoms with van der Waals surface area (Å²) in [7, 11) is 1.38. The summed E-state index contributed by atoms with van der Waals surface area (Å²) in [5, 5.41) is 7.85. The second-order valence-electron chi connectivity index (χ2n) is 8.20. The van der Waals surface area contributed by atoms with Crippen LogP contribution >= 0.6 is 0 Å². The van der Waals surface area contributed by atoms with Crippen molar-refractivity contribution in [1.82, 2.24) is 15.1 Å². The first-order chi connectivity index (χ1) is 17.2. The van der Waals surface area contributed by atoms with Gasteiger partial charge in [-0.3, -0.25) is 4.79 Å². The molecule has 1 amide bonds. The van der Waals surface area contributed by atoms with E-state index in [1.807, 2.05) is 0 Å². The molecule has 0 aliphatic heterocycles. The Balaban J connectivity index is 1.63. The third kappa shape index (κ3) is 5.65. The van der Waals surface area contributed by atoms with Gasteiger partial charge in [0, 0.05) is 12.5 Å². The average molecular weight is 501 g/mol. The second kappa shape index (κ2) is 10.4. The Bertz CT molecular complexity index is 1340. The number of aromatic nitrogens is 2. The standard InChI is InChI=1S/C26H23F4N3O3/c1-16(32-24(34)15-35-2)25(17-3-5-19(6-4-17)26(28,29)30)36-22-11-12-23-18(13-22)14-31-33(23)21-9-7-20(27)8-10-21/h3-14,16,25H,15H2,1-2H3,(H,32,34)/t16-,25+/m0/s1. The Morgan fingerprint density at radius 1 is 1.06 bits per heavy atom. The first-order valence-electron chi connectivity index (χ1n) is 11.0. The van der Waals surface area contributed by atoms with Crippen molar-refractivity contribution in [2.24, 2.45) is 0 Å². The number of amides is 1. The van der Waals surface area contributed by atoms with Gasteiger partial charge in [-0.05, 0) is 67.1 Å². The second-order valence-corrected chi connectivity index (χ2v) is 8.20. The van der Waals surface area contributed by atoms with Crippen molar-refractivity contribution in [3.8, 4) is 11.4 Å². The minimum Gasteiger partial charge on any atom is -0.484 e. The van der Waals surface area contributed by atoms with Crippen LogP contribution in [0.25, 0.3) is 16.6 Å². The van der Waals surface area contributed by atoms with Gasteiger partial charge < -0.3 is 14.8 Å². The van der Waals surface area contributed by atoms with E-state index < -0.39 is 23.9 Å². The number of carbonyl (C=O) groups excluding carboxylic acids is 1. The fraction of sp³-hybridized carbons (Fsp3) is 0.231. The fourth-order valence-corrected chi connectivity index (χ4v) is 3.84. The van der Waals surface area contributed by atoms with E-state index in [1.54, 1.807) is 48.1 Å². The molecule has 0 radical (unpaired) electrons. The van der Waals surface area contributed by atoms with Crippen LogP contribution in [-0.2, 0) is 15.7 Å². The number of carbonyl (C=O) groups is 1. The lowest BCUT2D eigenvalue weighted by Gasteiger charge is -2.27. The van der Waals surface area contributed by atoms with Gasteiger partial charge in [0.25, 0.3) is 0 Å². The molecule has 0 saturated carbocycles. The summed E-state index contributed by atoms with van der Waals surface area (Å²) in [6.45, 7) is 1.53. The van der Waals surface area contributed by atoms with Crippen molar-refractivity contribution >= 4 is 16.8 Å². The molecule has 0 fully saturated rings. The molecule has 3 aromatic carbocycles. The van der Waals surface area contributed by atoms with Gasteiger partial charge in [-0.1, -0.05) is 12.1 Å². The zero-order valence-corrected chi connectivity index (χ0v) is 19.4. The zero-order chi connectivity index (χ0) is 25.9. The largest absolute Gasteiger partial charge is 0.484 e. The molecule has 0 unspecified atom stereocenters. The van der Waals surface area contributed by atoms with Crippen molar-refractivity contribution in [2.45, 2.75) is 25.2 Å². The van der Waals surface area contributed by atoms with Crippen molar-refractivity contribution in [3.05, 3.63) is 89.9 Å². The van der Waals surface area contributed by atoms with E-state index in [0.717, 1.165) is 23.0 Å². The van der Waals surface area contributed by atoms with Gasteiger partial charge in [-0.2, -0.15) is 18.3 Å². The fourth-order valence-electron chi connectivity index (χ4n) is 3.84. The van der Waals surface area contributed by atoms with Gasteiger partial charge in [-0.25, -0.2) is 9.07 Å². The predicted molar refractivity (Wildman–Crippen MR) is 125 cm³/mol. The molecular weight excluding hydrogens is 478 g/mol. The van der Waals surface area contributed by atoms with E-state index in [0.29, 0.717) is 17.0 Å². The van der Waals surface area contributed by atoms with E-state index in [9.17, 15) is 22.4 Å². The van der Waals surface area contributed by atoms with Crippen LogP contribution in [0.4, 0.5) is 17.6 Å². The SMILES string of the molecule is COCC(=O)N[C@@H](C)[C@@H](Oc1ccc2c(cnn2-c2ccc(F)cc2)c1)c1ccc(C(F)(F)F)cc1. The summed E-state index contributed by atoms with van der Waals surface area (Å²) in [6.07, 6.45) is -3.64. The van der Waals surface area contributed by atoms with Gasteiger partial charge in [0.1, 0.15) is 24.3 Å². The molecule has 1 aromatic heterocycles. The number of ether oxygens (including phenoxy) is 2. The third-order valence-electron chi connectivity index (χ3n) is 5.56. The minimum atomic E-state index is -4.47. The number of alkyl halides is 3. The molecule has 1 N–H and O–H groups in total. The quantitative estimate of drug-likeness (QED) is 0.326. The summed E-state index contributed by atoms with van der Waals surface area (Å²) in [4.78, 5) is 12.1. The zero-order valence-electron chi connectivity index (χ0n) is 19.4. The Labute approximate surface area is 204 Å². The lowest BCUT2D eigenvalue weighted by Crippen LogP contribution is -2.40. The van der Waals surface area contributed by atoms with E-state index in [-0.39, 0.29) is 18.3 Å². The average Bonchev–Trinajstić information content (AvgIpc) is 3.26. The maximum Gasteiger partial charge on any atom is 0.416 e. The predicted octanol–water partition coefficient (Wildman–Crippen LogP) is 5.45. The minimum absolute atomic E-state index is 0.168. The van der Waals surface area contributed by atoms with Crippen molar-refractivity contribution in [1.29, 1.82) is 0 Å². The Hall–Kier alpha value is -3.92. The van der Waals surface area contributed by atoms with E-state index in [1.165, 1.54) is 31.4 Å². The highest BCUT2D eigenvalue weighted by Crippen LogP contribution is 2.32. The monoisotopic (exact) mass is 501 g/mol. The number of nitrogens with zero attached hydrogens (tertiary/aromatic N) is 2. The van der Waals surface area contributed by atoms with Crippen LogP contribution in [0.15, 0.2) is 72.9 Å². The molecule has 0 saturated heterocycles. The highest BCUT2D eigenvalue weighted by atomic mass is 19.4. The number of methoxy groups -OCH3 is 1. The molecule has 4 aromatic rings. The summed E-state index contributed by atoms with van der Waals surface area (Å²) in [5.41, 5.74) is 1.10. The normalized spacial score (nSPS) is 13.4. The first-order valence-corrected chi connectivity index (χ1v) is 11.0. The van der Waals surface area contributed by atoms with Gasteiger partial charge in [0.05, 0.1) is 29.0 Å². The lowest BCUT2D eigenvalue weighted by molar-refractivity contribution is -0.137. The highest BCUT2D eigenvalue weighted by Gasteiger charge is 2.31. The van der Waals surface area contributed by atoms with Crippen LogP contribution in [0.3, 0.4) is 0 Å². The van der Waals surface area contributed by atoms with Crippen LogP contribution in [0, 0.1) is 5.82 Å². The molecule has 0 aliphatic rings. The first kappa shape index (κ1) is 25.2. The van der Waals surface area contributed by atoms with Crippen LogP contribution in [0.1, 0.15) is 24.2 Å². The lowest BCUT2D eigenvalue weighted by atomic mass is 10.0. The number of nitrogens with one attached hydrogen (secondary N) is 1. The number of benzene rings is 3. The molecule has 188 valence electrons. The van der Waals surface area contributed by atoms with Crippen LogP contribution in [0.5, 0.6) is 5.75 Å². The number of halogens is 4. The Morgan fingerprint density at radius 3 is 2.39 bits per heavy atom. The Morgan fingerprint density at radius 2 is 1.75 bits per heavy atom. The Kier molecular flexibility index (Phi) is 7.25. The molecule has 10 heteroatoms. The third-order valence-corrected chi connectivity index (χ3v) is 5.56. The maximum atomic E-state index is 13.3. The molecular formula is C26H23F4N3O3. The van der Waals surface area contributed by atoms with Gasteiger partial charge in [0.15, 0.2) is 0 Å². The molecule has 1 heterocycles. The van der Waals surface area contributed by atoms with Crippen molar-refractivity contribution in [3.63, 3.8) is 0 Å².